The van der Waals surface area contributed by atoms with Crippen molar-refractivity contribution in [3.05, 3.63) is 35.4 Å². The molecule has 1 N–H and O–H groups in total. The summed E-state index contributed by atoms with van der Waals surface area (Å²) in [5.74, 6) is 0.0820. The molecule has 1 aromatic rings. The van der Waals surface area contributed by atoms with Gasteiger partial charge in [-0.2, -0.15) is 0 Å². The molecule has 0 spiro atoms. The number of aliphatic hydroxyl groups is 1. The molecular formula is C14H19NO2. The van der Waals surface area contributed by atoms with Crippen LogP contribution in [0.2, 0.25) is 0 Å². The van der Waals surface area contributed by atoms with E-state index in [9.17, 15) is 9.90 Å². The van der Waals surface area contributed by atoms with Crippen LogP contribution < -0.4 is 0 Å². The SMILES string of the molecule is Cc1ccccc1C(=O)N1CCC(C)(O)CC1. The lowest BCUT2D eigenvalue weighted by atomic mass is 9.93. The highest BCUT2D eigenvalue weighted by Crippen LogP contribution is 2.23. The number of nitrogens with zero attached hydrogens (tertiary/aromatic N) is 1. The maximum atomic E-state index is 12.3. The van der Waals surface area contributed by atoms with E-state index in [0.29, 0.717) is 25.9 Å². The van der Waals surface area contributed by atoms with E-state index in [1.807, 2.05) is 43.0 Å². The van der Waals surface area contributed by atoms with Gasteiger partial charge in [0.15, 0.2) is 0 Å². The molecule has 0 radical (unpaired) electrons. The number of hydrogen-bond acceptors (Lipinski definition) is 2. The quantitative estimate of drug-likeness (QED) is 0.805. The van der Waals surface area contributed by atoms with Crippen LogP contribution in [-0.2, 0) is 0 Å². The Hall–Kier alpha value is -1.35. The monoisotopic (exact) mass is 233 g/mol. The zero-order chi connectivity index (χ0) is 12.5. The van der Waals surface area contributed by atoms with Crippen molar-refractivity contribution in [2.24, 2.45) is 0 Å². The van der Waals surface area contributed by atoms with Crippen LogP contribution in [0.4, 0.5) is 0 Å². The normalized spacial score (nSPS) is 19.1. The lowest BCUT2D eigenvalue weighted by Crippen LogP contribution is -2.45. The van der Waals surface area contributed by atoms with Gasteiger partial charge in [-0.25, -0.2) is 0 Å². The number of rotatable bonds is 1. The minimum atomic E-state index is -0.609. The van der Waals surface area contributed by atoms with Gasteiger partial charge in [0.2, 0.25) is 0 Å². The van der Waals surface area contributed by atoms with Crippen LogP contribution in [0.1, 0.15) is 35.7 Å². The van der Waals surface area contributed by atoms with Gasteiger partial charge in [0, 0.05) is 18.7 Å². The highest BCUT2D eigenvalue weighted by molar-refractivity contribution is 5.95. The van der Waals surface area contributed by atoms with E-state index in [-0.39, 0.29) is 5.91 Å². The van der Waals surface area contributed by atoms with Gasteiger partial charge >= 0.3 is 0 Å². The second-order valence-electron chi connectivity index (χ2n) is 5.10. The van der Waals surface area contributed by atoms with Crippen molar-refractivity contribution >= 4 is 5.91 Å². The van der Waals surface area contributed by atoms with Crippen LogP contribution >= 0.6 is 0 Å². The molecule has 1 aliphatic heterocycles. The highest BCUT2D eigenvalue weighted by atomic mass is 16.3. The number of amides is 1. The van der Waals surface area contributed by atoms with Crippen LogP contribution in [0.3, 0.4) is 0 Å². The Labute approximate surface area is 102 Å². The zero-order valence-electron chi connectivity index (χ0n) is 10.4. The molecule has 0 aliphatic carbocycles. The summed E-state index contributed by atoms with van der Waals surface area (Å²) >= 11 is 0. The summed E-state index contributed by atoms with van der Waals surface area (Å²) in [4.78, 5) is 14.1. The Bertz CT molecular complexity index is 416. The summed E-state index contributed by atoms with van der Waals surface area (Å²) in [6, 6.07) is 7.64. The number of benzene rings is 1. The topological polar surface area (TPSA) is 40.5 Å². The van der Waals surface area contributed by atoms with Crippen molar-refractivity contribution < 1.29 is 9.90 Å². The van der Waals surface area contributed by atoms with Crippen LogP contribution in [0, 0.1) is 6.92 Å². The predicted octanol–water partition coefficient (Wildman–Crippen LogP) is 1.98. The predicted molar refractivity (Wildman–Crippen MR) is 66.9 cm³/mol. The van der Waals surface area contributed by atoms with Gasteiger partial charge in [-0.1, -0.05) is 18.2 Å². The van der Waals surface area contributed by atoms with Crippen molar-refractivity contribution in [3.63, 3.8) is 0 Å². The van der Waals surface area contributed by atoms with E-state index >= 15 is 0 Å². The number of carbonyl (C=O) groups excluding carboxylic acids is 1. The fourth-order valence-electron chi connectivity index (χ4n) is 2.17. The van der Waals surface area contributed by atoms with Crippen LogP contribution in [-0.4, -0.2) is 34.6 Å². The van der Waals surface area contributed by atoms with Crippen molar-refractivity contribution in [1.29, 1.82) is 0 Å². The molecule has 1 aromatic carbocycles. The molecule has 0 atom stereocenters. The van der Waals surface area contributed by atoms with Crippen molar-refractivity contribution in [2.75, 3.05) is 13.1 Å². The highest BCUT2D eigenvalue weighted by Gasteiger charge is 2.30. The molecule has 92 valence electrons. The Balaban J connectivity index is 2.10. The third kappa shape index (κ3) is 2.67. The summed E-state index contributed by atoms with van der Waals surface area (Å²) in [6.45, 7) is 5.07. The van der Waals surface area contributed by atoms with E-state index < -0.39 is 5.60 Å². The number of piperidine rings is 1. The minimum Gasteiger partial charge on any atom is -0.390 e. The lowest BCUT2D eigenvalue weighted by Gasteiger charge is -2.36. The minimum absolute atomic E-state index is 0.0820. The Morgan fingerprint density at radius 2 is 1.88 bits per heavy atom. The molecule has 2 rings (SSSR count). The van der Waals surface area contributed by atoms with Gasteiger partial charge in [-0.15, -0.1) is 0 Å². The molecule has 0 unspecified atom stereocenters. The van der Waals surface area contributed by atoms with Crippen molar-refractivity contribution in [1.82, 2.24) is 4.90 Å². The molecule has 1 fully saturated rings. The second-order valence-corrected chi connectivity index (χ2v) is 5.10. The molecule has 0 bridgehead atoms. The van der Waals surface area contributed by atoms with Gasteiger partial charge in [0.25, 0.3) is 5.91 Å². The Morgan fingerprint density at radius 3 is 2.47 bits per heavy atom. The largest absolute Gasteiger partial charge is 0.390 e. The smallest absolute Gasteiger partial charge is 0.254 e. The number of hydrogen-bond donors (Lipinski definition) is 1. The molecule has 3 heteroatoms. The molecule has 17 heavy (non-hydrogen) atoms. The Kier molecular flexibility index (Phi) is 3.20. The molecule has 1 heterocycles. The summed E-state index contributed by atoms with van der Waals surface area (Å²) in [5.41, 5.74) is 1.17. The van der Waals surface area contributed by atoms with Gasteiger partial charge in [-0.05, 0) is 38.3 Å². The molecule has 1 amide bonds. The molecule has 0 aromatic heterocycles. The third-order valence-corrected chi connectivity index (χ3v) is 3.50. The first-order valence-electron chi connectivity index (χ1n) is 6.07. The average molecular weight is 233 g/mol. The molecular weight excluding hydrogens is 214 g/mol. The second kappa shape index (κ2) is 4.49. The van der Waals surface area contributed by atoms with E-state index in [2.05, 4.69) is 0 Å². The first-order valence-corrected chi connectivity index (χ1v) is 6.07. The van der Waals surface area contributed by atoms with Crippen molar-refractivity contribution in [2.45, 2.75) is 32.3 Å². The molecule has 0 saturated carbocycles. The van der Waals surface area contributed by atoms with Crippen molar-refractivity contribution in [3.8, 4) is 0 Å². The first-order chi connectivity index (χ1) is 7.99. The fourth-order valence-corrected chi connectivity index (χ4v) is 2.17. The van der Waals surface area contributed by atoms with E-state index in [1.54, 1.807) is 0 Å². The van der Waals surface area contributed by atoms with Gasteiger partial charge < -0.3 is 10.0 Å². The Morgan fingerprint density at radius 1 is 1.29 bits per heavy atom. The third-order valence-electron chi connectivity index (χ3n) is 3.50. The zero-order valence-corrected chi connectivity index (χ0v) is 10.4. The van der Waals surface area contributed by atoms with Crippen LogP contribution in [0.5, 0.6) is 0 Å². The number of aryl methyl sites for hydroxylation is 1. The van der Waals surface area contributed by atoms with E-state index in [4.69, 9.17) is 0 Å². The standard InChI is InChI=1S/C14H19NO2/c1-11-5-3-4-6-12(11)13(16)15-9-7-14(2,17)8-10-15/h3-6,17H,7-10H2,1-2H3. The van der Waals surface area contributed by atoms with E-state index in [1.165, 1.54) is 0 Å². The van der Waals surface area contributed by atoms with E-state index in [0.717, 1.165) is 11.1 Å². The average Bonchev–Trinajstić information content (AvgIpc) is 2.29. The van der Waals surface area contributed by atoms with Crippen LogP contribution in [0.15, 0.2) is 24.3 Å². The molecule has 1 saturated heterocycles. The summed E-state index contributed by atoms with van der Waals surface area (Å²) in [6.07, 6.45) is 1.31. The summed E-state index contributed by atoms with van der Waals surface area (Å²) < 4.78 is 0. The van der Waals surface area contributed by atoms with Crippen LogP contribution in [0.25, 0.3) is 0 Å². The van der Waals surface area contributed by atoms with Gasteiger partial charge in [0.05, 0.1) is 5.60 Å². The van der Waals surface area contributed by atoms with Gasteiger partial charge in [-0.3, -0.25) is 4.79 Å². The fraction of sp³-hybridized carbons (Fsp3) is 0.500. The summed E-state index contributed by atoms with van der Waals surface area (Å²) in [7, 11) is 0. The number of carbonyl (C=O) groups is 1. The van der Waals surface area contributed by atoms with Gasteiger partial charge in [0.1, 0.15) is 0 Å². The molecule has 1 aliphatic rings. The molecule has 3 nitrogen and oxygen atoms in total. The summed E-state index contributed by atoms with van der Waals surface area (Å²) in [5, 5.41) is 9.86. The number of likely N-dealkylation sites (tertiary alicyclic amines) is 1. The lowest BCUT2D eigenvalue weighted by molar-refractivity contribution is -0.00203. The first kappa shape index (κ1) is 12.1. The maximum absolute atomic E-state index is 12.3. The maximum Gasteiger partial charge on any atom is 0.254 e.